The Morgan fingerprint density at radius 1 is 1.38 bits per heavy atom. The largest absolute Gasteiger partial charge is 0.386 e. The van der Waals surface area contributed by atoms with E-state index in [-0.39, 0.29) is 18.1 Å². The van der Waals surface area contributed by atoms with Gasteiger partial charge in [0.1, 0.15) is 11.7 Å². The van der Waals surface area contributed by atoms with Crippen LogP contribution in [0.5, 0.6) is 0 Å². The van der Waals surface area contributed by atoms with E-state index < -0.39 is 17.1 Å². The fraction of sp³-hybridized carbons (Fsp3) is 0.692. The molecule has 3 rings (SSSR count). The van der Waals surface area contributed by atoms with Gasteiger partial charge in [0.25, 0.3) is 0 Å². The molecular formula is C13H18O3. The number of fused-ring (bicyclic) bond motifs is 4. The monoisotopic (exact) mass is 222 g/mol. The number of hydrogen-bond donors (Lipinski definition) is 2. The van der Waals surface area contributed by atoms with E-state index in [9.17, 15) is 10.2 Å². The molecule has 2 bridgehead atoms. The standard InChI is InChI=1S/C13H18O3/c1-7-6-12(3)10-5-4-9(16-10)8(2)13(12,15)11(7)14/h4-6,8-11,14-15H,1-3H3/t8-,9+,10-,11-,12-,13+/m0/s1. The minimum atomic E-state index is -1.10. The molecule has 3 aliphatic rings. The minimum absolute atomic E-state index is 0.0722. The van der Waals surface area contributed by atoms with Gasteiger partial charge in [-0.1, -0.05) is 32.1 Å². The molecule has 6 atom stereocenters. The van der Waals surface area contributed by atoms with Gasteiger partial charge in [-0.3, -0.25) is 0 Å². The van der Waals surface area contributed by atoms with E-state index in [0.29, 0.717) is 0 Å². The zero-order chi connectivity index (χ0) is 11.7. The van der Waals surface area contributed by atoms with Crippen molar-refractivity contribution in [3.05, 3.63) is 23.8 Å². The van der Waals surface area contributed by atoms with Gasteiger partial charge in [-0.2, -0.15) is 0 Å². The molecule has 2 aliphatic heterocycles. The highest BCUT2D eigenvalue weighted by atomic mass is 16.5. The summed E-state index contributed by atoms with van der Waals surface area (Å²) in [5.74, 6) is -0.101. The fourth-order valence-electron chi connectivity index (χ4n) is 3.71. The zero-order valence-electron chi connectivity index (χ0n) is 9.84. The first kappa shape index (κ1) is 10.5. The van der Waals surface area contributed by atoms with Crippen LogP contribution in [0.3, 0.4) is 0 Å². The molecule has 16 heavy (non-hydrogen) atoms. The Balaban J connectivity index is 2.18. The second-order valence-electron chi connectivity index (χ2n) is 5.59. The van der Waals surface area contributed by atoms with Gasteiger partial charge >= 0.3 is 0 Å². The molecule has 2 N–H and O–H groups in total. The average molecular weight is 222 g/mol. The van der Waals surface area contributed by atoms with E-state index in [1.165, 1.54) is 0 Å². The highest BCUT2D eigenvalue weighted by Gasteiger charge is 2.67. The van der Waals surface area contributed by atoms with Gasteiger partial charge < -0.3 is 14.9 Å². The third-order valence-corrected chi connectivity index (χ3v) is 4.80. The summed E-state index contributed by atoms with van der Waals surface area (Å²) in [7, 11) is 0. The predicted octanol–water partition coefficient (Wildman–Crippen LogP) is 1.02. The van der Waals surface area contributed by atoms with Crippen LogP contribution in [0, 0.1) is 11.3 Å². The number of ether oxygens (including phenoxy) is 1. The summed E-state index contributed by atoms with van der Waals surface area (Å²) in [6.45, 7) is 5.79. The normalized spacial score (nSPS) is 58.7. The summed E-state index contributed by atoms with van der Waals surface area (Å²) in [6, 6.07) is 0. The lowest BCUT2D eigenvalue weighted by molar-refractivity contribution is -0.235. The first-order chi connectivity index (χ1) is 7.41. The Hall–Kier alpha value is -0.640. The Bertz CT molecular complexity index is 400. The van der Waals surface area contributed by atoms with E-state index in [0.717, 1.165) is 5.57 Å². The number of aliphatic hydroxyl groups excluding tert-OH is 1. The van der Waals surface area contributed by atoms with Gasteiger partial charge in [-0.15, -0.1) is 0 Å². The van der Waals surface area contributed by atoms with Crippen LogP contribution < -0.4 is 0 Å². The summed E-state index contributed by atoms with van der Waals surface area (Å²) >= 11 is 0. The first-order valence-corrected chi connectivity index (χ1v) is 5.85. The smallest absolute Gasteiger partial charge is 0.111 e. The molecule has 1 aliphatic carbocycles. The second-order valence-corrected chi connectivity index (χ2v) is 5.59. The van der Waals surface area contributed by atoms with Crippen LogP contribution in [-0.4, -0.2) is 34.1 Å². The van der Waals surface area contributed by atoms with E-state index >= 15 is 0 Å². The third kappa shape index (κ3) is 0.873. The maximum atomic E-state index is 10.9. The average Bonchev–Trinajstić information content (AvgIpc) is 2.77. The summed E-state index contributed by atoms with van der Waals surface area (Å²) in [6.07, 6.45) is 5.03. The lowest BCUT2D eigenvalue weighted by atomic mass is 9.63. The van der Waals surface area contributed by atoms with Crippen LogP contribution in [0.2, 0.25) is 0 Å². The Labute approximate surface area is 95.4 Å². The van der Waals surface area contributed by atoms with Gasteiger partial charge in [-0.25, -0.2) is 0 Å². The van der Waals surface area contributed by atoms with Gasteiger partial charge in [0.15, 0.2) is 0 Å². The molecule has 0 amide bonds. The number of rotatable bonds is 0. The molecule has 0 radical (unpaired) electrons. The SMILES string of the molecule is CC1=C[C@@]2(C)[C@@H]3C=C[C@@H](O3)[C@H](C)[C@@]2(O)[C@H]1O. The molecule has 2 heterocycles. The summed E-state index contributed by atoms with van der Waals surface area (Å²) in [5.41, 5.74) is -0.769. The summed E-state index contributed by atoms with van der Waals surface area (Å²) < 4.78 is 5.86. The van der Waals surface area contributed by atoms with Gasteiger partial charge in [-0.05, 0) is 12.5 Å². The van der Waals surface area contributed by atoms with Crippen molar-refractivity contribution in [3.63, 3.8) is 0 Å². The molecule has 88 valence electrons. The van der Waals surface area contributed by atoms with E-state index in [1.54, 1.807) is 0 Å². The van der Waals surface area contributed by atoms with E-state index in [4.69, 9.17) is 4.74 Å². The number of hydrogen-bond acceptors (Lipinski definition) is 3. The van der Waals surface area contributed by atoms with Gasteiger partial charge in [0, 0.05) is 11.3 Å². The molecule has 0 aromatic heterocycles. The second kappa shape index (κ2) is 2.78. The Morgan fingerprint density at radius 2 is 2.06 bits per heavy atom. The summed E-state index contributed by atoms with van der Waals surface area (Å²) in [4.78, 5) is 0. The fourth-order valence-corrected chi connectivity index (χ4v) is 3.71. The van der Waals surface area contributed by atoms with Crippen LogP contribution in [0.4, 0.5) is 0 Å². The topological polar surface area (TPSA) is 49.7 Å². The molecule has 0 aromatic rings. The minimum Gasteiger partial charge on any atom is -0.386 e. The molecule has 0 aromatic carbocycles. The molecule has 3 heteroatoms. The van der Waals surface area contributed by atoms with E-state index in [1.807, 2.05) is 39.0 Å². The highest BCUT2D eigenvalue weighted by Crippen LogP contribution is 2.58. The molecule has 1 saturated heterocycles. The first-order valence-electron chi connectivity index (χ1n) is 5.85. The van der Waals surface area contributed by atoms with Crippen LogP contribution >= 0.6 is 0 Å². The summed E-state index contributed by atoms with van der Waals surface area (Å²) in [5, 5.41) is 21.2. The Kier molecular flexibility index (Phi) is 1.83. The van der Waals surface area contributed by atoms with Crippen LogP contribution in [0.15, 0.2) is 23.8 Å². The molecule has 0 saturated carbocycles. The number of aliphatic hydroxyl groups is 2. The van der Waals surface area contributed by atoms with Crippen LogP contribution in [-0.2, 0) is 4.74 Å². The molecule has 0 spiro atoms. The molecular weight excluding hydrogens is 204 g/mol. The van der Waals surface area contributed by atoms with Crippen molar-refractivity contribution in [2.24, 2.45) is 11.3 Å². The van der Waals surface area contributed by atoms with Crippen LogP contribution in [0.25, 0.3) is 0 Å². The van der Waals surface area contributed by atoms with Crippen molar-refractivity contribution in [2.45, 2.75) is 44.7 Å². The molecule has 3 nitrogen and oxygen atoms in total. The predicted molar refractivity (Wildman–Crippen MR) is 59.8 cm³/mol. The molecule has 1 fully saturated rings. The lowest BCUT2D eigenvalue weighted by Crippen LogP contribution is -2.64. The van der Waals surface area contributed by atoms with E-state index in [2.05, 4.69) is 0 Å². The van der Waals surface area contributed by atoms with Gasteiger partial charge in [0.2, 0.25) is 0 Å². The van der Waals surface area contributed by atoms with Crippen LogP contribution in [0.1, 0.15) is 20.8 Å². The third-order valence-electron chi connectivity index (χ3n) is 4.80. The lowest BCUT2D eigenvalue weighted by Gasteiger charge is -2.52. The van der Waals surface area contributed by atoms with Crippen molar-refractivity contribution in [1.29, 1.82) is 0 Å². The quantitative estimate of drug-likeness (QED) is 0.602. The highest BCUT2D eigenvalue weighted by molar-refractivity contribution is 5.38. The van der Waals surface area contributed by atoms with Gasteiger partial charge in [0.05, 0.1) is 12.2 Å². The zero-order valence-corrected chi connectivity index (χ0v) is 9.84. The van der Waals surface area contributed by atoms with Crippen molar-refractivity contribution < 1.29 is 14.9 Å². The van der Waals surface area contributed by atoms with Crippen molar-refractivity contribution in [2.75, 3.05) is 0 Å². The van der Waals surface area contributed by atoms with Crippen molar-refractivity contribution >= 4 is 0 Å². The maximum absolute atomic E-state index is 10.9. The molecule has 0 unspecified atom stereocenters. The van der Waals surface area contributed by atoms with Crippen molar-refractivity contribution in [1.82, 2.24) is 0 Å². The maximum Gasteiger partial charge on any atom is 0.111 e. The van der Waals surface area contributed by atoms with Crippen molar-refractivity contribution in [3.8, 4) is 0 Å². The Morgan fingerprint density at radius 3 is 2.75 bits per heavy atom.